The summed E-state index contributed by atoms with van der Waals surface area (Å²) in [7, 11) is 0. The van der Waals surface area contributed by atoms with Crippen molar-refractivity contribution >= 4 is 5.91 Å². The molecule has 0 saturated carbocycles. The Morgan fingerprint density at radius 3 is 3.18 bits per heavy atom. The van der Waals surface area contributed by atoms with Crippen LogP contribution in [0.25, 0.3) is 0 Å². The Labute approximate surface area is 65.4 Å². The molecule has 0 aliphatic carbocycles. The predicted octanol–water partition coefficient (Wildman–Crippen LogP) is 0.105. The Hall–Kier alpha value is -1.08. The molecule has 60 valence electrons. The second kappa shape index (κ2) is 3.35. The summed E-state index contributed by atoms with van der Waals surface area (Å²) in [6.45, 7) is 2.39. The van der Waals surface area contributed by atoms with Crippen LogP contribution in [0.4, 0.5) is 0 Å². The van der Waals surface area contributed by atoms with Crippen LogP contribution in [0.2, 0.25) is 0 Å². The summed E-state index contributed by atoms with van der Waals surface area (Å²) >= 11 is 0. The number of carbonyl (C=O) groups excluding carboxylic acids is 1. The molecule has 0 radical (unpaired) electrons. The lowest BCUT2D eigenvalue weighted by molar-refractivity contribution is -0.132. The molecule has 11 heavy (non-hydrogen) atoms. The Kier molecular flexibility index (Phi) is 2.44. The van der Waals surface area contributed by atoms with Gasteiger partial charge in [0.25, 0.3) is 0 Å². The van der Waals surface area contributed by atoms with Gasteiger partial charge in [-0.15, -0.1) is 0 Å². The van der Waals surface area contributed by atoms with E-state index < -0.39 is 0 Å². The fraction of sp³-hybridized carbons (Fsp3) is 0.714. The maximum Gasteiger partial charge on any atom is 0.225 e. The second-order valence-electron chi connectivity index (χ2n) is 2.36. The third kappa shape index (κ3) is 1.49. The fourth-order valence-corrected chi connectivity index (χ4v) is 0.998. The highest BCUT2D eigenvalue weighted by Gasteiger charge is 2.27. The van der Waals surface area contributed by atoms with Crippen LogP contribution in [-0.2, 0) is 9.53 Å². The molecule has 0 bridgehead atoms. The topological polar surface area (TPSA) is 53.3 Å². The lowest BCUT2D eigenvalue weighted by Gasteiger charge is -2.15. The molecule has 1 aliphatic rings. The lowest BCUT2D eigenvalue weighted by atomic mass is 10.3. The zero-order chi connectivity index (χ0) is 8.27. The van der Waals surface area contributed by atoms with Gasteiger partial charge in [-0.2, -0.15) is 5.26 Å². The lowest BCUT2D eigenvalue weighted by Crippen LogP contribution is -2.34. The first-order chi connectivity index (χ1) is 5.29. The second-order valence-corrected chi connectivity index (χ2v) is 2.36. The van der Waals surface area contributed by atoms with E-state index in [0.29, 0.717) is 13.0 Å². The van der Waals surface area contributed by atoms with Gasteiger partial charge in [0.05, 0.1) is 12.7 Å². The summed E-state index contributed by atoms with van der Waals surface area (Å²) < 4.78 is 4.97. The van der Waals surface area contributed by atoms with E-state index in [0.717, 1.165) is 0 Å². The van der Waals surface area contributed by atoms with Gasteiger partial charge in [-0.1, -0.05) is 6.92 Å². The third-order valence-electron chi connectivity index (χ3n) is 1.65. The van der Waals surface area contributed by atoms with Crippen LogP contribution in [0, 0.1) is 11.3 Å². The van der Waals surface area contributed by atoms with Gasteiger partial charge in [0, 0.05) is 6.42 Å². The van der Waals surface area contributed by atoms with Crippen molar-refractivity contribution in [2.75, 3.05) is 13.3 Å². The van der Waals surface area contributed by atoms with Crippen LogP contribution in [-0.4, -0.2) is 30.2 Å². The number of amides is 1. The van der Waals surface area contributed by atoms with Crippen molar-refractivity contribution in [3.8, 4) is 6.07 Å². The molecule has 1 saturated heterocycles. The normalized spacial score (nSPS) is 23.3. The summed E-state index contributed by atoms with van der Waals surface area (Å²) in [4.78, 5) is 12.5. The molecule has 0 N–H and O–H groups in total. The standard InChI is InChI=1S/C7H10N2O2/c1-2-7(10)9-5-11-4-6(9)3-8/h6H,2,4-5H2,1H3. The van der Waals surface area contributed by atoms with Gasteiger partial charge in [-0.05, 0) is 0 Å². The molecule has 4 heteroatoms. The Balaban J connectivity index is 2.58. The first kappa shape index (κ1) is 8.02. The minimum atomic E-state index is -0.373. The summed E-state index contributed by atoms with van der Waals surface area (Å²) in [6.07, 6.45) is 0.432. The number of hydrogen-bond acceptors (Lipinski definition) is 3. The van der Waals surface area contributed by atoms with E-state index >= 15 is 0 Å². The van der Waals surface area contributed by atoms with Crippen LogP contribution in [0.5, 0.6) is 0 Å². The van der Waals surface area contributed by atoms with E-state index in [1.54, 1.807) is 6.92 Å². The van der Waals surface area contributed by atoms with Crippen molar-refractivity contribution in [3.05, 3.63) is 0 Å². The molecule has 0 aromatic carbocycles. The summed E-state index contributed by atoms with van der Waals surface area (Å²) in [5, 5.41) is 8.56. The minimum absolute atomic E-state index is 0.0194. The van der Waals surface area contributed by atoms with E-state index in [1.165, 1.54) is 4.90 Å². The summed E-state index contributed by atoms with van der Waals surface area (Å²) in [5.74, 6) is -0.0194. The van der Waals surface area contributed by atoms with Crippen LogP contribution in [0.15, 0.2) is 0 Å². The number of rotatable bonds is 1. The highest BCUT2D eigenvalue weighted by Crippen LogP contribution is 2.09. The van der Waals surface area contributed by atoms with Crippen molar-refractivity contribution in [1.82, 2.24) is 4.90 Å². The van der Waals surface area contributed by atoms with Crippen molar-refractivity contribution < 1.29 is 9.53 Å². The van der Waals surface area contributed by atoms with Crippen LogP contribution >= 0.6 is 0 Å². The number of carbonyl (C=O) groups is 1. The smallest absolute Gasteiger partial charge is 0.225 e. The molecule has 0 spiro atoms. The van der Waals surface area contributed by atoms with E-state index in [1.807, 2.05) is 6.07 Å². The molecule has 1 unspecified atom stereocenters. The van der Waals surface area contributed by atoms with E-state index in [2.05, 4.69) is 0 Å². The quantitative estimate of drug-likeness (QED) is 0.538. The zero-order valence-corrected chi connectivity index (χ0v) is 6.41. The van der Waals surface area contributed by atoms with Gasteiger partial charge in [-0.25, -0.2) is 0 Å². The maximum atomic E-state index is 11.1. The Morgan fingerprint density at radius 1 is 1.91 bits per heavy atom. The van der Waals surface area contributed by atoms with Gasteiger partial charge in [0.15, 0.2) is 0 Å². The zero-order valence-electron chi connectivity index (χ0n) is 6.41. The molecular weight excluding hydrogens is 144 g/mol. The van der Waals surface area contributed by atoms with Crippen LogP contribution in [0.3, 0.4) is 0 Å². The van der Waals surface area contributed by atoms with E-state index in [4.69, 9.17) is 10.00 Å². The molecule has 1 amide bonds. The number of hydrogen-bond donors (Lipinski definition) is 0. The van der Waals surface area contributed by atoms with Gasteiger partial charge in [0.1, 0.15) is 12.8 Å². The number of ether oxygens (including phenoxy) is 1. The highest BCUT2D eigenvalue weighted by atomic mass is 16.5. The average Bonchev–Trinajstić information content (AvgIpc) is 2.50. The highest BCUT2D eigenvalue weighted by molar-refractivity contribution is 5.76. The van der Waals surface area contributed by atoms with Crippen molar-refractivity contribution in [2.24, 2.45) is 0 Å². The van der Waals surface area contributed by atoms with Gasteiger partial charge in [0.2, 0.25) is 5.91 Å². The molecule has 1 rings (SSSR count). The molecule has 0 aromatic heterocycles. The molecule has 1 heterocycles. The van der Waals surface area contributed by atoms with Gasteiger partial charge < -0.3 is 9.64 Å². The molecule has 1 aliphatic heterocycles. The number of nitrogens with zero attached hydrogens (tertiary/aromatic N) is 2. The summed E-state index contributed by atoms with van der Waals surface area (Å²) in [6, 6.07) is 1.64. The summed E-state index contributed by atoms with van der Waals surface area (Å²) in [5.41, 5.74) is 0. The first-order valence-corrected chi connectivity index (χ1v) is 3.56. The predicted molar refractivity (Wildman–Crippen MR) is 37.4 cm³/mol. The van der Waals surface area contributed by atoms with Crippen molar-refractivity contribution in [1.29, 1.82) is 5.26 Å². The van der Waals surface area contributed by atoms with E-state index in [-0.39, 0.29) is 18.7 Å². The molecule has 1 atom stereocenters. The van der Waals surface area contributed by atoms with Crippen molar-refractivity contribution in [3.63, 3.8) is 0 Å². The largest absolute Gasteiger partial charge is 0.358 e. The molecule has 0 aromatic rings. The molecule has 1 fully saturated rings. The first-order valence-electron chi connectivity index (χ1n) is 3.56. The Morgan fingerprint density at radius 2 is 2.64 bits per heavy atom. The third-order valence-corrected chi connectivity index (χ3v) is 1.65. The van der Waals surface area contributed by atoms with E-state index in [9.17, 15) is 4.79 Å². The van der Waals surface area contributed by atoms with Crippen molar-refractivity contribution in [2.45, 2.75) is 19.4 Å². The van der Waals surface area contributed by atoms with Crippen LogP contribution < -0.4 is 0 Å². The fourth-order valence-electron chi connectivity index (χ4n) is 0.998. The van der Waals surface area contributed by atoms with Gasteiger partial charge in [-0.3, -0.25) is 4.79 Å². The number of nitriles is 1. The minimum Gasteiger partial charge on any atom is -0.358 e. The average molecular weight is 154 g/mol. The molecular formula is C7H10N2O2. The molecule has 4 nitrogen and oxygen atoms in total. The monoisotopic (exact) mass is 154 g/mol. The Bertz CT molecular complexity index is 197. The maximum absolute atomic E-state index is 11.1. The van der Waals surface area contributed by atoms with Gasteiger partial charge >= 0.3 is 0 Å². The van der Waals surface area contributed by atoms with Crippen LogP contribution in [0.1, 0.15) is 13.3 Å². The SMILES string of the molecule is CCC(=O)N1COCC1C#N.